The summed E-state index contributed by atoms with van der Waals surface area (Å²) in [6, 6.07) is 34.5. The van der Waals surface area contributed by atoms with Crippen LogP contribution in [0.5, 0.6) is 0 Å². The van der Waals surface area contributed by atoms with E-state index in [4.69, 9.17) is 14.7 Å². The van der Waals surface area contributed by atoms with E-state index in [1.54, 1.807) is 0 Å². The number of benzene rings is 4. The van der Waals surface area contributed by atoms with E-state index >= 15 is 0 Å². The molecule has 51 heavy (non-hydrogen) atoms. The Morgan fingerprint density at radius 3 is 2.33 bits per heavy atom. The Kier molecular flexibility index (Phi) is 7.75. The first-order chi connectivity index (χ1) is 23.8. The van der Waals surface area contributed by atoms with E-state index in [-0.39, 0.29) is 37.6 Å². The predicted octanol–water partition coefficient (Wildman–Crippen LogP) is 11.1. The second kappa shape index (κ2) is 11.7. The fraction of sp³-hybridized carbons (Fsp3) is 0.333. The molecule has 0 radical (unpaired) electrons. The van der Waals surface area contributed by atoms with Crippen molar-refractivity contribution in [2.45, 2.75) is 97.1 Å². The van der Waals surface area contributed by atoms with Gasteiger partial charge in [-0.2, -0.15) is 6.07 Å². The molecule has 0 unspecified atom stereocenters. The van der Waals surface area contributed by atoms with Crippen LogP contribution in [0.25, 0.3) is 55.1 Å². The Labute approximate surface area is 315 Å². The van der Waals surface area contributed by atoms with Crippen molar-refractivity contribution in [3.63, 3.8) is 0 Å². The van der Waals surface area contributed by atoms with Gasteiger partial charge in [0.25, 0.3) is 0 Å². The zero-order chi connectivity index (χ0) is 34.7. The molecule has 1 fully saturated rings. The first-order valence-corrected chi connectivity index (χ1v) is 18.1. The minimum Gasteiger partial charge on any atom is -0.512 e. The van der Waals surface area contributed by atoms with Crippen molar-refractivity contribution in [2.75, 3.05) is 0 Å². The quantitative estimate of drug-likeness (QED) is 0.166. The van der Waals surface area contributed by atoms with Crippen LogP contribution in [0.3, 0.4) is 0 Å². The summed E-state index contributed by atoms with van der Waals surface area (Å²) in [7, 11) is 0. The zero-order valence-electron chi connectivity index (χ0n) is 30.7. The van der Waals surface area contributed by atoms with Gasteiger partial charge in [0, 0.05) is 22.5 Å². The third kappa shape index (κ3) is 5.13. The molecule has 260 valence electrons. The van der Waals surface area contributed by atoms with Crippen molar-refractivity contribution >= 4 is 49.6 Å². The third-order valence-corrected chi connectivity index (χ3v) is 11.6. The molecule has 0 N–H and O–H groups in total. The Morgan fingerprint density at radius 1 is 0.804 bits per heavy atom. The molecular formula is C45H44N4OPt. The Morgan fingerprint density at radius 2 is 1.57 bits per heavy atom. The van der Waals surface area contributed by atoms with Gasteiger partial charge in [-0.25, -0.2) is 4.98 Å². The summed E-state index contributed by atoms with van der Waals surface area (Å²) in [6.07, 6.45) is 5.09. The Bertz CT molecular complexity index is 2570. The van der Waals surface area contributed by atoms with Crippen LogP contribution in [0.1, 0.15) is 95.9 Å². The summed E-state index contributed by atoms with van der Waals surface area (Å²) in [6.45, 7) is 17.9. The van der Waals surface area contributed by atoms with Gasteiger partial charge in [-0.1, -0.05) is 75.1 Å². The molecular weight excluding hydrogens is 808 g/mol. The molecule has 0 spiro atoms. The van der Waals surface area contributed by atoms with Crippen molar-refractivity contribution in [1.82, 2.24) is 14.1 Å². The minimum atomic E-state index is -0.277. The molecule has 1 aliphatic carbocycles. The monoisotopic (exact) mass is 851 g/mol. The van der Waals surface area contributed by atoms with E-state index in [0.717, 1.165) is 69.2 Å². The van der Waals surface area contributed by atoms with Gasteiger partial charge in [-0.05, 0) is 98.3 Å². The summed E-state index contributed by atoms with van der Waals surface area (Å²) in [5.74, 6) is 1.03. The van der Waals surface area contributed by atoms with Gasteiger partial charge in [0.1, 0.15) is 17.1 Å². The van der Waals surface area contributed by atoms with Crippen molar-refractivity contribution in [3.8, 4) is 11.4 Å². The number of pyridine rings is 1. The van der Waals surface area contributed by atoms with E-state index in [1.807, 2.05) is 12.3 Å². The predicted molar refractivity (Wildman–Crippen MR) is 206 cm³/mol. The first kappa shape index (κ1) is 33.9. The van der Waals surface area contributed by atoms with Gasteiger partial charge in [0.05, 0.1) is 11.1 Å². The topological polar surface area (TPSA) is 44.3 Å². The minimum absolute atomic E-state index is 0. The first-order valence-electron chi connectivity index (χ1n) is 18.1. The summed E-state index contributed by atoms with van der Waals surface area (Å²) < 4.78 is 11.3. The molecule has 0 amide bonds. The molecule has 1 saturated carbocycles. The number of hydrogen-bond donors (Lipinski definition) is 0. The average Bonchev–Trinajstić information content (AvgIpc) is 3.76. The SMILES string of the molecule is Cc1ccc2c(c1)c1ccc(-n3c4ccc(C(C)(C)C)cc4c4cccnc43)[c-]c1n2-c1[c-]c(C2=N[C@]3(C)CCC[C@]3(C)O2)cc(C(C)C)c1.[Pt+2]. The van der Waals surface area contributed by atoms with Crippen LogP contribution in [0.4, 0.5) is 0 Å². The van der Waals surface area contributed by atoms with Crippen LogP contribution in [-0.2, 0) is 31.2 Å². The third-order valence-electron chi connectivity index (χ3n) is 11.6. The van der Waals surface area contributed by atoms with E-state index < -0.39 is 0 Å². The summed E-state index contributed by atoms with van der Waals surface area (Å²) in [5, 5.41) is 4.71. The number of aromatic nitrogens is 3. The molecule has 2 aliphatic rings. The van der Waals surface area contributed by atoms with E-state index in [2.05, 4.69) is 143 Å². The molecule has 1 aliphatic heterocycles. The van der Waals surface area contributed by atoms with Gasteiger partial charge < -0.3 is 13.9 Å². The molecule has 5 nitrogen and oxygen atoms in total. The van der Waals surface area contributed by atoms with Crippen LogP contribution in [0, 0.1) is 19.1 Å². The maximum Gasteiger partial charge on any atom is 2.00 e. The van der Waals surface area contributed by atoms with Crippen LogP contribution in [0.2, 0.25) is 0 Å². The molecule has 9 rings (SSSR count). The van der Waals surface area contributed by atoms with Crippen LogP contribution >= 0.6 is 0 Å². The van der Waals surface area contributed by atoms with Gasteiger partial charge in [-0.15, -0.1) is 41.3 Å². The number of rotatable bonds is 4. The normalized spacial score (nSPS) is 20.4. The van der Waals surface area contributed by atoms with Gasteiger partial charge in [0.15, 0.2) is 0 Å². The fourth-order valence-electron chi connectivity index (χ4n) is 8.34. The standard InChI is InChI=1S/C45H44N4O.Pt/c1-27(2)29-22-30(42-47-44(7)18-10-19-45(44,8)50-42)24-33(23-29)48-38-16-12-28(3)21-36(38)34-15-14-32(26-40(34)48)49-39-17-13-31(43(4,5)6)25-37(39)35-11-9-20-46-41(35)49;/h9,11-17,20-23,25,27H,10,18-19H2,1-8H3;/q-2;+2/t44-,45+;/m1./s1. The maximum atomic E-state index is 6.73. The largest absolute Gasteiger partial charge is 2.00 e. The van der Waals surface area contributed by atoms with Crippen LogP contribution < -0.4 is 0 Å². The molecule has 3 aromatic heterocycles. The van der Waals surface area contributed by atoms with Gasteiger partial charge >= 0.3 is 21.1 Å². The number of fused-ring (bicyclic) bond motifs is 7. The zero-order valence-corrected chi connectivity index (χ0v) is 33.0. The van der Waals surface area contributed by atoms with Crippen LogP contribution in [0.15, 0.2) is 84.0 Å². The summed E-state index contributed by atoms with van der Waals surface area (Å²) in [5.41, 5.74) is 10.4. The van der Waals surface area contributed by atoms with Crippen molar-refractivity contribution < 1.29 is 25.8 Å². The Balaban J connectivity index is 0.00000374. The Hall–Kier alpha value is -4.21. The van der Waals surface area contributed by atoms with E-state index in [0.29, 0.717) is 11.8 Å². The molecule has 2 atom stereocenters. The molecule has 7 aromatic rings. The van der Waals surface area contributed by atoms with Crippen LogP contribution in [-0.4, -0.2) is 31.2 Å². The summed E-state index contributed by atoms with van der Waals surface area (Å²) in [4.78, 5) is 10.2. The second-order valence-corrected chi connectivity index (χ2v) is 16.4. The van der Waals surface area contributed by atoms with Crippen molar-refractivity contribution in [2.24, 2.45) is 4.99 Å². The van der Waals surface area contributed by atoms with E-state index in [1.165, 1.54) is 27.5 Å². The number of nitrogens with zero attached hydrogens (tertiary/aromatic N) is 4. The maximum absolute atomic E-state index is 6.73. The molecule has 6 heteroatoms. The van der Waals surface area contributed by atoms with Gasteiger partial charge in [0.2, 0.25) is 0 Å². The fourth-order valence-corrected chi connectivity index (χ4v) is 8.34. The number of hydrogen-bond acceptors (Lipinski definition) is 3. The molecule has 0 bridgehead atoms. The number of aryl methyl sites for hydroxylation is 1. The van der Waals surface area contributed by atoms with Crippen molar-refractivity contribution in [3.05, 3.63) is 113 Å². The summed E-state index contributed by atoms with van der Waals surface area (Å²) >= 11 is 0. The molecule has 4 aromatic carbocycles. The van der Waals surface area contributed by atoms with Crippen molar-refractivity contribution in [1.29, 1.82) is 0 Å². The number of ether oxygens (including phenoxy) is 1. The molecule has 0 saturated heterocycles. The van der Waals surface area contributed by atoms with E-state index in [9.17, 15) is 0 Å². The van der Waals surface area contributed by atoms with Gasteiger partial charge in [-0.3, -0.25) is 4.99 Å². The average molecular weight is 852 g/mol. The number of aliphatic imine (C=N–C) groups is 1. The second-order valence-electron chi connectivity index (χ2n) is 16.4. The smallest absolute Gasteiger partial charge is 0.512 e. The molecule has 4 heterocycles.